The van der Waals surface area contributed by atoms with Crippen LogP contribution < -0.4 is 16.4 Å². The zero-order chi connectivity index (χ0) is 11.2. The van der Waals surface area contributed by atoms with E-state index in [-0.39, 0.29) is 0 Å². The third-order valence-corrected chi connectivity index (χ3v) is 3.01. The van der Waals surface area contributed by atoms with Gasteiger partial charge in [-0.25, -0.2) is 0 Å². The third kappa shape index (κ3) is 3.40. The molecule has 0 aromatic carbocycles. The maximum atomic E-state index is 5.81. The molecule has 2 rings (SSSR count). The lowest BCUT2D eigenvalue weighted by Crippen LogP contribution is -2.35. The predicted molar refractivity (Wildman–Crippen MR) is 66.8 cm³/mol. The summed E-state index contributed by atoms with van der Waals surface area (Å²) in [7, 11) is 0. The van der Waals surface area contributed by atoms with Crippen molar-refractivity contribution in [1.82, 2.24) is 10.6 Å². The second-order valence-electron chi connectivity index (χ2n) is 4.39. The molecule has 0 aliphatic carbocycles. The van der Waals surface area contributed by atoms with Crippen molar-refractivity contribution in [2.75, 3.05) is 19.6 Å². The first kappa shape index (κ1) is 11.2. The number of hydrogen-bond donors (Lipinski definition) is 3. The molecule has 0 fully saturated rings. The van der Waals surface area contributed by atoms with Gasteiger partial charge in [-0.3, -0.25) is 9.98 Å². The summed E-state index contributed by atoms with van der Waals surface area (Å²) in [6.07, 6.45) is 5.61. The largest absolute Gasteiger partial charge is 0.387 e. The lowest BCUT2D eigenvalue weighted by Gasteiger charge is -2.12. The normalized spacial score (nSPS) is 25.4. The number of nitrogens with zero attached hydrogens (tertiary/aromatic N) is 2. The van der Waals surface area contributed by atoms with Crippen molar-refractivity contribution in [3.05, 3.63) is 0 Å². The summed E-state index contributed by atoms with van der Waals surface area (Å²) in [5.74, 6) is 1.77. The number of nitrogens with two attached hydrogens (primary N) is 1. The zero-order valence-corrected chi connectivity index (χ0v) is 9.71. The van der Waals surface area contributed by atoms with E-state index in [4.69, 9.17) is 5.73 Å². The molecule has 16 heavy (non-hydrogen) atoms. The molecule has 0 amide bonds. The van der Waals surface area contributed by atoms with Crippen LogP contribution in [0.25, 0.3) is 0 Å². The molecule has 0 radical (unpaired) electrons. The maximum Gasteiger partial charge on any atom is 0.191 e. The third-order valence-electron chi connectivity index (χ3n) is 3.01. The topological polar surface area (TPSA) is 74.8 Å². The average molecular weight is 223 g/mol. The summed E-state index contributed by atoms with van der Waals surface area (Å²) >= 11 is 0. The second kappa shape index (κ2) is 5.72. The molecule has 5 heteroatoms. The summed E-state index contributed by atoms with van der Waals surface area (Å²) in [5.41, 5.74) is 5.81. The molecule has 0 spiro atoms. The molecule has 90 valence electrons. The second-order valence-corrected chi connectivity index (χ2v) is 4.39. The summed E-state index contributed by atoms with van der Waals surface area (Å²) in [5, 5.41) is 6.49. The quantitative estimate of drug-likeness (QED) is 0.641. The number of nitrogens with one attached hydrogen (secondary N) is 2. The highest BCUT2D eigenvalue weighted by Gasteiger charge is 2.12. The van der Waals surface area contributed by atoms with Crippen molar-refractivity contribution in [3.8, 4) is 0 Å². The Labute approximate surface area is 96.6 Å². The van der Waals surface area contributed by atoms with Crippen molar-refractivity contribution in [2.45, 2.75) is 38.1 Å². The van der Waals surface area contributed by atoms with Gasteiger partial charge >= 0.3 is 0 Å². The highest BCUT2D eigenvalue weighted by molar-refractivity contribution is 5.81. The van der Waals surface area contributed by atoms with Gasteiger partial charge in [0, 0.05) is 19.5 Å². The maximum absolute atomic E-state index is 5.81. The molecule has 0 bridgehead atoms. The van der Waals surface area contributed by atoms with Gasteiger partial charge in [0.15, 0.2) is 5.96 Å². The van der Waals surface area contributed by atoms with Crippen LogP contribution in [-0.4, -0.2) is 37.5 Å². The van der Waals surface area contributed by atoms with Crippen LogP contribution in [0.15, 0.2) is 9.98 Å². The predicted octanol–water partition coefficient (Wildman–Crippen LogP) is 0.225. The Balaban J connectivity index is 1.70. The summed E-state index contributed by atoms with van der Waals surface area (Å²) in [6.45, 7) is 2.76. The lowest BCUT2D eigenvalue weighted by atomic mass is 10.1. The molecule has 2 heterocycles. The minimum Gasteiger partial charge on any atom is -0.387 e. The van der Waals surface area contributed by atoms with Gasteiger partial charge in [-0.1, -0.05) is 6.42 Å². The van der Waals surface area contributed by atoms with Crippen LogP contribution in [0, 0.1) is 0 Å². The molecule has 0 saturated carbocycles. The number of hydrogen-bond acceptors (Lipinski definition) is 5. The van der Waals surface area contributed by atoms with Crippen LogP contribution in [0.1, 0.15) is 32.1 Å². The van der Waals surface area contributed by atoms with E-state index in [1.807, 2.05) is 0 Å². The number of aliphatic imine (C=N–C) groups is 2. The molecule has 0 aromatic heterocycles. The summed E-state index contributed by atoms with van der Waals surface area (Å²) in [4.78, 5) is 8.82. The lowest BCUT2D eigenvalue weighted by molar-refractivity contribution is 0.548. The van der Waals surface area contributed by atoms with E-state index in [1.165, 1.54) is 19.3 Å². The fourth-order valence-corrected chi connectivity index (χ4v) is 2.13. The van der Waals surface area contributed by atoms with Crippen molar-refractivity contribution in [3.63, 3.8) is 0 Å². The molecule has 0 aromatic rings. The van der Waals surface area contributed by atoms with Crippen molar-refractivity contribution in [2.24, 2.45) is 15.7 Å². The smallest absolute Gasteiger partial charge is 0.191 e. The van der Waals surface area contributed by atoms with Gasteiger partial charge in [-0.05, 0) is 19.3 Å². The summed E-state index contributed by atoms with van der Waals surface area (Å²) in [6, 6.07) is 0.400. The highest BCUT2D eigenvalue weighted by atomic mass is 15.2. The molecule has 1 unspecified atom stereocenters. The molecule has 1 atom stereocenters. The van der Waals surface area contributed by atoms with Gasteiger partial charge in [0.25, 0.3) is 0 Å². The van der Waals surface area contributed by atoms with Crippen LogP contribution in [-0.2, 0) is 0 Å². The fraction of sp³-hybridized carbons (Fsp3) is 0.818. The average Bonchev–Trinajstić information content (AvgIpc) is 2.69. The van der Waals surface area contributed by atoms with E-state index < -0.39 is 0 Å². The Morgan fingerprint density at radius 2 is 2.38 bits per heavy atom. The van der Waals surface area contributed by atoms with E-state index in [1.54, 1.807) is 0 Å². The highest BCUT2D eigenvalue weighted by Crippen LogP contribution is 2.14. The Morgan fingerprint density at radius 3 is 3.19 bits per heavy atom. The first-order valence-electron chi connectivity index (χ1n) is 6.19. The van der Waals surface area contributed by atoms with Crippen molar-refractivity contribution >= 4 is 11.8 Å². The number of rotatable bonds is 3. The SMILES string of the molecule is NC1=NC(CCNC2=NCCN2)CCCC1. The Bertz CT molecular complexity index is 284. The van der Waals surface area contributed by atoms with Crippen molar-refractivity contribution < 1.29 is 0 Å². The van der Waals surface area contributed by atoms with E-state index in [0.29, 0.717) is 6.04 Å². The van der Waals surface area contributed by atoms with Crippen molar-refractivity contribution in [1.29, 1.82) is 0 Å². The van der Waals surface area contributed by atoms with Crippen LogP contribution in [0.5, 0.6) is 0 Å². The van der Waals surface area contributed by atoms with E-state index >= 15 is 0 Å². The molecule has 0 saturated heterocycles. The molecule has 2 aliphatic heterocycles. The Morgan fingerprint density at radius 1 is 1.44 bits per heavy atom. The molecular formula is C11H21N5. The molecule has 2 aliphatic rings. The first-order valence-corrected chi connectivity index (χ1v) is 6.19. The van der Waals surface area contributed by atoms with Gasteiger partial charge in [0.05, 0.1) is 18.4 Å². The molecule has 4 N–H and O–H groups in total. The van der Waals surface area contributed by atoms with Crippen LogP contribution in [0.2, 0.25) is 0 Å². The number of guanidine groups is 1. The van der Waals surface area contributed by atoms with Gasteiger partial charge in [0.1, 0.15) is 0 Å². The monoisotopic (exact) mass is 223 g/mol. The Kier molecular flexibility index (Phi) is 4.02. The van der Waals surface area contributed by atoms with Crippen LogP contribution in [0.3, 0.4) is 0 Å². The fourth-order valence-electron chi connectivity index (χ4n) is 2.13. The van der Waals surface area contributed by atoms with Gasteiger partial charge < -0.3 is 16.4 Å². The Hall–Kier alpha value is -1.26. The van der Waals surface area contributed by atoms with Gasteiger partial charge in [-0.2, -0.15) is 0 Å². The van der Waals surface area contributed by atoms with Crippen LogP contribution in [0.4, 0.5) is 0 Å². The van der Waals surface area contributed by atoms with Gasteiger partial charge in [0.2, 0.25) is 0 Å². The van der Waals surface area contributed by atoms with E-state index in [2.05, 4.69) is 20.6 Å². The molecular weight excluding hydrogens is 202 g/mol. The van der Waals surface area contributed by atoms with Crippen LogP contribution >= 0.6 is 0 Å². The first-order chi connectivity index (χ1) is 7.84. The van der Waals surface area contributed by atoms with E-state index in [9.17, 15) is 0 Å². The summed E-state index contributed by atoms with van der Waals surface area (Å²) < 4.78 is 0. The molecule has 5 nitrogen and oxygen atoms in total. The minimum atomic E-state index is 0.400. The van der Waals surface area contributed by atoms with Gasteiger partial charge in [-0.15, -0.1) is 0 Å². The minimum absolute atomic E-state index is 0.400. The standard InChI is InChI=1S/C11H21N5/c12-10-4-2-1-3-9(16-10)5-6-13-11-14-7-8-15-11/h9H,1-8H2,(H2,12,16)(H2,13,14,15). The number of amidine groups is 1. The zero-order valence-electron chi connectivity index (χ0n) is 9.71. The van der Waals surface area contributed by atoms with E-state index in [0.717, 1.165) is 44.3 Å².